The summed E-state index contributed by atoms with van der Waals surface area (Å²) in [6.07, 6.45) is 7.25. The Balaban J connectivity index is 2.01. The molecule has 58 valence electrons. The van der Waals surface area contributed by atoms with Gasteiger partial charge in [0, 0.05) is 0 Å². The van der Waals surface area contributed by atoms with E-state index >= 15 is 0 Å². The zero-order valence-electron chi connectivity index (χ0n) is 6.55. The molecule has 2 atom stereocenters. The summed E-state index contributed by atoms with van der Waals surface area (Å²) in [5.74, 6) is 1.84. The normalized spacial score (nSPS) is 40.0. The van der Waals surface area contributed by atoms with E-state index in [1.54, 1.807) is 5.57 Å². The first-order valence-corrected chi connectivity index (χ1v) is 4.43. The molecule has 3 aliphatic rings. The SMILES string of the molecule is C1=CC2CC2C2=C1COCC2. The first-order chi connectivity index (χ1) is 5.45. The largest absolute Gasteiger partial charge is 0.376 e. The van der Waals surface area contributed by atoms with E-state index in [0.717, 1.165) is 25.0 Å². The van der Waals surface area contributed by atoms with E-state index in [9.17, 15) is 0 Å². The van der Waals surface area contributed by atoms with E-state index in [-0.39, 0.29) is 0 Å². The lowest BCUT2D eigenvalue weighted by Gasteiger charge is -2.20. The summed E-state index contributed by atoms with van der Waals surface area (Å²) in [6.45, 7) is 1.82. The maximum absolute atomic E-state index is 5.40. The van der Waals surface area contributed by atoms with E-state index in [2.05, 4.69) is 12.2 Å². The Bertz CT molecular complexity index is 250. The van der Waals surface area contributed by atoms with Crippen LogP contribution in [0, 0.1) is 11.8 Å². The van der Waals surface area contributed by atoms with Crippen molar-refractivity contribution < 1.29 is 4.74 Å². The van der Waals surface area contributed by atoms with Gasteiger partial charge in [-0.3, -0.25) is 0 Å². The molecule has 0 radical (unpaired) electrons. The molecule has 1 heteroatoms. The Morgan fingerprint density at radius 3 is 3.45 bits per heavy atom. The molecule has 0 amide bonds. The quantitative estimate of drug-likeness (QED) is 0.510. The molecule has 0 saturated heterocycles. The summed E-state index contributed by atoms with van der Waals surface area (Å²) in [6, 6.07) is 0. The minimum absolute atomic E-state index is 0.870. The van der Waals surface area contributed by atoms with E-state index in [1.165, 1.54) is 18.4 Å². The van der Waals surface area contributed by atoms with Crippen LogP contribution in [0.4, 0.5) is 0 Å². The molecular formula is C10H12O. The van der Waals surface area contributed by atoms with Gasteiger partial charge in [0.25, 0.3) is 0 Å². The van der Waals surface area contributed by atoms with Crippen LogP contribution < -0.4 is 0 Å². The molecule has 0 N–H and O–H groups in total. The minimum atomic E-state index is 0.870. The fourth-order valence-electron chi connectivity index (χ4n) is 2.26. The lowest BCUT2D eigenvalue weighted by molar-refractivity contribution is 0.146. The van der Waals surface area contributed by atoms with Crippen LogP contribution in [0.25, 0.3) is 0 Å². The summed E-state index contributed by atoms with van der Waals surface area (Å²) in [5, 5.41) is 0. The number of fused-ring (bicyclic) bond motifs is 2. The Kier molecular flexibility index (Phi) is 1.08. The molecule has 1 heterocycles. The second-order valence-electron chi connectivity index (χ2n) is 3.72. The molecule has 1 nitrogen and oxygen atoms in total. The van der Waals surface area contributed by atoms with Gasteiger partial charge in [-0.1, -0.05) is 17.7 Å². The van der Waals surface area contributed by atoms with Crippen molar-refractivity contribution in [3.05, 3.63) is 23.3 Å². The second-order valence-corrected chi connectivity index (χ2v) is 3.72. The first-order valence-electron chi connectivity index (χ1n) is 4.43. The predicted molar refractivity (Wildman–Crippen MR) is 43.2 cm³/mol. The van der Waals surface area contributed by atoms with Gasteiger partial charge in [-0.05, 0) is 30.3 Å². The Labute approximate surface area is 66.7 Å². The summed E-state index contributed by atoms with van der Waals surface area (Å²) < 4.78 is 5.40. The van der Waals surface area contributed by atoms with Crippen molar-refractivity contribution in [3.8, 4) is 0 Å². The smallest absolute Gasteiger partial charge is 0.0716 e. The van der Waals surface area contributed by atoms with Crippen LogP contribution in [-0.2, 0) is 4.74 Å². The highest BCUT2D eigenvalue weighted by molar-refractivity contribution is 5.39. The number of rotatable bonds is 0. The van der Waals surface area contributed by atoms with E-state index < -0.39 is 0 Å². The zero-order chi connectivity index (χ0) is 7.26. The zero-order valence-corrected chi connectivity index (χ0v) is 6.55. The van der Waals surface area contributed by atoms with Crippen molar-refractivity contribution in [3.63, 3.8) is 0 Å². The van der Waals surface area contributed by atoms with Gasteiger partial charge in [-0.15, -0.1) is 0 Å². The van der Waals surface area contributed by atoms with Crippen molar-refractivity contribution in [1.29, 1.82) is 0 Å². The van der Waals surface area contributed by atoms with Crippen LogP contribution in [0.5, 0.6) is 0 Å². The van der Waals surface area contributed by atoms with Gasteiger partial charge < -0.3 is 4.74 Å². The molecule has 0 bridgehead atoms. The van der Waals surface area contributed by atoms with Gasteiger partial charge in [0.2, 0.25) is 0 Å². The van der Waals surface area contributed by atoms with Gasteiger partial charge in [0.15, 0.2) is 0 Å². The maximum Gasteiger partial charge on any atom is 0.0716 e. The molecule has 0 aromatic carbocycles. The summed E-state index contributed by atoms with van der Waals surface area (Å²) in [5.41, 5.74) is 3.19. The molecule has 0 aromatic heterocycles. The standard InChI is InChI=1S/C10H12O/c1-2-8-6-11-4-3-9(8)10-5-7(1)10/h1-2,7,10H,3-6H2. The summed E-state index contributed by atoms with van der Waals surface area (Å²) in [7, 11) is 0. The minimum Gasteiger partial charge on any atom is -0.376 e. The highest BCUT2D eigenvalue weighted by Crippen LogP contribution is 2.50. The molecule has 0 spiro atoms. The lowest BCUT2D eigenvalue weighted by atomic mass is 9.94. The van der Waals surface area contributed by atoms with Crippen LogP contribution >= 0.6 is 0 Å². The van der Waals surface area contributed by atoms with Gasteiger partial charge in [-0.2, -0.15) is 0 Å². The predicted octanol–water partition coefficient (Wildman–Crippen LogP) is 1.91. The average Bonchev–Trinajstić information content (AvgIpc) is 2.83. The van der Waals surface area contributed by atoms with Crippen molar-refractivity contribution in [2.45, 2.75) is 12.8 Å². The highest BCUT2D eigenvalue weighted by atomic mass is 16.5. The third-order valence-electron chi connectivity index (χ3n) is 3.02. The van der Waals surface area contributed by atoms with Crippen LogP contribution in [0.15, 0.2) is 23.3 Å². The van der Waals surface area contributed by atoms with Crippen molar-refractivity contribution >= 4 is 0 Å². The van der Waals surface area contributed by atoms with Crippen LogP contribution in [0.2, 0.25) is 0 Å². The Hall–Kier alpha value is -0.560. The average molecular weight is 148 g/mol. The van der Waals surface area contributed by atoms with Crippen molar-refractivity contribution in [2.24, 2.45) is 11.8 Å². The molecule has 1 aliphatic heterocycles. The van der Waals surface area contributed by atoms with E-state index in [0.29, 0.717) is 0 Å². The Morgan fingerprint density at radius 2 is 2.45 bits per heavy atom. The van der Waals surface area contributed by atoms with Gasteiger partial charge in [0.1, 0.15) is 0 Å². The summed E-state index contributed by atoms with van der Waals surface area (Å²) in [4.78, 5) is 0. The molecule has 2 aliphatic carbocycles. The van der Waals surface area contributed by atoms with E-state index in [1.807, 2.05) is 0 Å². The third-order valence-corrected chi connectivity index (χ3v) is 3.02. The van der Waals surface area contributed by atoms with Crippen LogP contribution in [0.3, 0.4) is 0 Å². The molecule has 1 saturated carbocycles. The van der Waals surface area contributed by atoms with E-state index in [4.69, 9.17) is 4.74 Å². The fourth-order valence-corrected chi connectivity index (χ4v) is 2.26. The van der Waals surface area contributed by atoms with Gasteiger partial charge >= 0.3 is 0 Å². The van der Waals surface area contributed by atoms with Crippen molar-refractivity contribution in [2.75, 3.05) is 13.2 Å². The summed E-state index contributed by atoms with van der Waals surface area (Å²) >= 11 is 0. The highest BCUT2D eigenvalue weighted by Gasteiger charge is 2.41. The van der Waals surface area contributed by atoms with Gasteiger partial charge in [-0.25, -0.2) is 0 Å². The van der Waals surface area contributed by atoms with Crippen molar-refractivity contribution in [1.82, 2.24) is 0 Å². The molecule has 3 rings (SSSR count). The fraction of sp³-hybridized carbons (Fsp3) is 0.600. The van der Waals surface area contributed by atoms with Crippen LogP contribution in [0.1, 0.15) is 12.8 Å². The monoisotopic (exact) mass is 148 g/mol. The number of allylic oxidation sites excluding steroid dienone is 1. The lowest BCUT2D eigenvalue weighted by Crippen LogP contribution is -2.13. The number of hydrogen-bond donors (Lipinski definition) is 0. The molecular weight excluding hydrogens is 136 g/mol. The Morgan fingerprint density at radius 1 is 1.45 bits per heavy atom. The third kappa shape index (κ3) is 0.807. The topological polar surface area (TPSA) is 9.23 Å². The molecule has 1 fully saturated rings. The molecule has 2 unspecified atom stereocenters. The maximum atomic E-state index is 5.40. The molecule has 11 heavy (non-hydrogen) atoms. The number of ether oxygens (including phenoxy) is 1. The van der Waals surface area contributed by atoms with Gasteiger partial charge in [0.05, 0.1) is 13.2 Å². The molecule has 0 aromatic rings. The second kappa shape index (κ2) is 1.98. The first kappa shape index (κ1) is 6.01. The van der Waals surface area contributed by atoms with Crippen LogP contribution in [-0.4, -0.2) is 13.2 Å². The number of hydrogen-bond acceptors (Lipinski definition) is 1.